The highest BCUT2D eigenvalue weighted by Gasteiger charge is 2.16. The number of aromatic nitrogens is 2. The van der Waals surface area contributed by atoms with E-state index in [1.54, 1.807) is 0 Å². The van der Waals surface area contributed by atoms with Gasteiger partial charge in [-0.15, -0.1) is 0 Å². The van der Waals surface area contributed by atoms with E-state index >= 15 is 0 Å². The Morgan fingerprint density at radius 2 is 2.25 bits per heavy atom. The molecule has 0 unspecified atom stereocenters. The molecule has 0 aliphatic heterocycles. The molecule has 0 saturated carbocycles. The first-order valence-corrected chi connectivity index (χ1v) is 4.29. The smallest absolute Gasteiger partial charge is 0.0682 e. The molecule has 1 aliphatic rings. The van der Waals surface area contributed by atoms with E-state index in [2.05, 4.69) is 17.2 Å². The molecule has 0 fully saturated rings. The van der Waals surface area contributed by atoms with Crippen molar-refractivity contribution in [2.24, 2.45) is 7.05 Å². The molecule has 0 spiro atoms. The zero-order valence-electron chi connectivity index (χ0n) is 7.04. The van der Waals surface area contributed by atoms with Gasteiger partial charge < -0.3 is 0 Å². The second kappa shape index (κ2) is 1.89. The maximum atomic E-state index is 4.25. The van der Waals surface area contributed by atoms with Gasteiger partial charge in [0.15, 0.2) is 0 Å². The van der Waals surface area contributed by atoms with Crippen molar-refractivity contribution in [3.05, 3.63) is 29.5 Å². The van der Waals surface area contributed by atoms with Gasteiger partial charge in [0.1, 0.15) is 0 Å². The molecule has 0 N–H and O–H groups in total. The zero-order valence-corrected chi connectivity index (χ0v) is 7.04. The molecule has 60 valence electrons. The van der Waals surface area contributed by atoms with Crippen LogP contribution in [0.3, 0.4) is 0 Å². The second-order valence-electron chi connectivity index (χ2n) is 3.40. The Kier molecular flexibility index (Phi) is 0.980. The largest absolute Gasteiger partial charge is 0.268 e. The van der Waals surface area contributed by atoms with Crippen molar-refractivity contribution >= 4 is 10.9 Å². The quantitative estimate of drug-likeness (QED) is 0.570. The van der Waals surface area contributed by atoms with Crippen LogP contribution < -0.4 is 0 Å². The number of nitrogens with zero attached hydrogens (tertiary/aromatic N) is 2. The number of rotatable bonds is 0. The van der Waals surface area contributed by atoms with Gasteiger partial charge in [0.2, 0.25) is 0 Å². The Bertz CT molecular complexity index is 454. The lowest BCUT2D eigenvalue weighted by molar-refractivity contribution is 0.796. The van der Waals surface area contributed by atoms with Crippen LogP contribution in [-0.4, -0.2) is 9.78 Å². The van der Waals surface area contributed by atoms with Crippen molar-refractivity contribution in [1.82, 2.24) is 9.78 Å². The van der Waals surface area contributed by atoms with Gasteiger partial charge >= 0.3 is 0 Å². The van der Waals surface area contributed by atoms with Crippen LogP contribution in [0.2, 0.25) is 0 Å². The van der Waals surface area contributed by atoms with Gasteiger partial charge in [0.25, 0.3) is 0 Å². The van der Waals surface area contributed by atoms with E-state index < -0.39 is 0 Å². The van der Waals surface area contributed by atoms with Gasteiger partial charge in [-0.2, -0.15) is 5.10 Å². The zero-order chi connectivity index (χ0) is 8.13. The van der Waals surface area contributed by atoms with Crippen molar-refractivity contribution in [3.63, 3.8) is 0 Å². The summed E-state index contributed by atoms with van der Waals surface area (Å²) in [5.74, 6) is 0. The van der Waals surface area contributed by atoms with Crippen molar-refractivity contribution in [2.45, 2.75) is 12.8 Å². The maximum absolute atomic E-state index is 4.25. The van der Waals surface area contributed by atoms with Crippen LogP contribution in [0.4, 0.5) is 0 Å². The van der Waals surface area contributed by atoms with E-state index in [0.717, 1.165) is 0 Å². The molecule has 0 atom stereocenters. The molecule has 12 heavy (non-hydrogen) atoms. The topological polar surface area (TPSA) is 17.8 Å². The minimum atomic E-state index is 1.23. The van der Waals surface area contributed by atoms with Gasteiger partial charge in [-0.25, -0.2) is 0 Å². The first-order valence-electron chi connectivity index (χ1n) is 4.29. The Labute approximate surface area is 70.8 Å². The van der Waals surface area contributed by atoms with E-state index in [4.69, 9.17) is 0 Å². The highest BCUT2D eigenvalue weighted by Crippen LogP contribution is 2.30. The van der Waals surface area contributed by atoms with Crippen LogP contribution in [-0.2, 0) is 19.9 Å². The van der Waals surface area contributed by atoms with Gasteiger partial charge in [-0.1, -0.05) is 6.07 Å². The first kappa shape index (κ1) is 6.23. The van der Waals surface area contributed by atoms with Crippen LogP contribution in [0.5, 0.6) is 0 Å². The summed E-state index contributed by atoms with van der Waals surface area (Å²) in [5, 5.41) is 5.60. The maximum Gasteiger partial charge on any atom is 0.0682 e. The van der Waals surface area contributed by atoms with Crippen LogP contribution in [0.1, 0.15) is 11.1 Å². The molecule has 1 aromatic carbocycles. The molecule has 2 heteroatoms. The number of hydrogen-bond acceptors (Lipinski definition) is 1. The van der Waals surface area contributed by atoms with Gasteiger partial charge in [-0.05, 0) is 30.0 Å². The second-order valence-corrected chi connectivity index (χ2v) is 3.40. The summed E-state index contributed by atoms with van der Waals surface area (Å²) >= 11 is 0. The van der Waals surface area contributed by atoms with Crippen molar-refractivity contribution in [1.29, 1.82) is 0 Å². The lowest BCUT2D eigenvalue weighted by atomic mass is 9.86. The highest BCUT2D eigenvalue weighted by atomic mass is 15.2. The monoisotopic (exact) mass is 158 g/mol. The molecular weight excluding hydrogens is 148 g/mol. The van der Waals surface area contributed by atoms with Crippen LogP contribution in [0.15, 0.2) is 18.3 Å². The van der Waals surface area contributed by atoms with E-state index in [0.29, 0.717) is 0 Å². The van der Waals surface area contributed by atoms with E-state index in [-0.39, 0.29) is 0 Å². The fourth-order valence-electron chi connectivity index (χ4n) is 1.94. The van der Waals surface area contributed by atoms with Crippen LogP contribution >= 0.6 is 0 Å². The summed E-state index contributed by atoms with van der Waals surface area (Å²) in [6, 6.07) is 4.39. The SMILES string of the molecule is Cn1ncc2c3c(ccc21)CC3. The van der Waals surface area contributed by atoms with Crippen molar-refractivity contribution < 1.29 is 0 Å². The van der Waals surface area contributed by atoms with E-state index in [9.17, 15) is 0 Å². The number of fused-ring (bicyclic) bond motifs is 3. The Morgan fingerprint density at radius 3 is 3.00 bits per heavy atom. The van der Waals surface area contributed by atoms with Gasteiger partial charge in [-0.3, -0.25) is 4.68 Å². The van der Waals surface area contributed by atoms with Gasteiger partial charge in [0, 0.05) is 12.4 Å². The molecule has 2 nitrogen and oxygen atoms in total. The van der Waals surface area contributed by atoms with E-state index in [1.807, 2.05) is 17.9 Å². The third kappa shape index (κ3) is 0.583. The fraction of sp³-hybridized carbons (Fsp3) is 0.300. The molecular formula is C10H10N2. The summed E-state index contributed by atoms with van der Waals surface area (Å²) in [4.78, 5) is 0. The van der Waals surface area contributed by atoms with Crippen molar-refractivity contribution in [2.75, 3.05) is 0 Å². The molecule has 0 saturated heterocycles. The summed E-state index contributed by atoms with van der Waals surface area (Å²) in [7, 11) is 1.99. The molecule has 0 radical (unpaired) electrons. The number of benzene rings is 1. The summed E-state index contributed by atoms with van der Waals surface area (Å²) in [6.45, 7) is 0. The fourth-order valence-corrected chi connectivity index (χ4v) is 1.94. The lowest BCUT2D eigenvalue weighted by Crippen LogP contribution is -2.08. The molecule has 2 aromatic rings. The van der Waals surface area contributed by atoms with Gasteiger partial charge in [0.05, 0.1) is 11.7 Å². The van der Waals surface area contributed by atoms with E-state index in [1.165, 1.54) is 34.9 Å². The summed E-state index contributed by atoms with van der Waals surface area (Å²) < 4.78 is 1.94. The number of hydrogen-bond donors (Lipinski definition) is 0. The Balaban J connectivity index is 2.50. The highest BCUT2D eigenvalue weighted by molar-refractivity contribution is 5.84. The minimum Gasteiger partial charge on any atom is -0.268 e. The molecule has 1 aliphatic carbocycles. The Morgan fingerprint density at radius 1 is 1.33 bits per heavy atom. The predicted octanol–water partition coefficient (Wildman–Crippen LogP) is 1.67. The normalized spacial score (nSPS) is 14.4. The third-order valence-electron chi connectivity index (χ3n) is 2.78. The average Bonchev–Trinajstić information content (AvgIpc) is 2.33. The molecule has 1 heterocycles. The molecule has 0 bridgehead atoms. The third-order valence-corrected chi connectivity index (χ3v) is 2.78. The average molecular weight is 158 g/mol. The summed E-state index contributed by atoms with van der Waals surface area (Å²) in [5.41, 5.74) is 4.28. The first-order chi connectivity index (χ1) is 5.86. The number of aryl methyl sites for hydroxylation is 3. The predicted molar refractivity (Wildman–Crippen MR) is 48.1 cm³/mol. The van der Waals surface area contributed by atoms with Crippen LogP contribution in [0, 0.1) is 0 Å². The minimum absolute atomic E-state index is 1.23. The Hall–Kier alpha value is -1.31. The standard InChI is InChI=1S/C10H10N2/c1-12-10-5-3-7-2-4-8(7)9(10)6-11-12/h3,5-6H,2,4H2,1H3. The summed E-state index contributed by atoms with van der Waals surface area (Å²) in [6.07, 6.45) is 4.46. The van der Waals surface area contributed by atoms with Crippen molar-refractivity contribution in [3.8, 4) is 0 Å². The molecule has 3 rings (SSSR count). The lowest BCUT2D eigenvalue weighted by Gasteiger charge is -2.18. The molecule has 0 amide bonds. The van der Waals surface area contributed by atoms with Crippen LogP contribution in [0.25, 0.3) is 10.9 Å². The molecule has 1 aromatic heterocycles.